The minimum atomic E-state index is -4.41. The standard InChI is InChI=1S/C5H20NO10PSi3.Fe.O.Zr/c1-18(10,11)15-20(14,16-19(2,12)13)5-3-4-6-17(7,8)9;;;/h10-14H,3-5H2,1-2H3,(H3,6,7,8,9);;;/q;+3;-2;+4. The molecule has 23 heavy (non-hydrogen) atoms. The summed E-state index contributed by atoms with van der Waals surface area (Å²) >= 11 is 0. The summed E-state index contributed by atoms with van der Waals surface area (Å²) in [4.78, 5) is 64.0. The molecule has 0 amide bonds. The molecule has 135 valence electrons. The predicted molar refractivity (Wildman–Crippen MR) is 72.4 cm³/mol. The van der Waals surface area contributed by atoms with Crippen LogP contribution in [0.1, 0.15) is 6.42 Å². The fraction of sp³-hybridized carbons (Fsp3) is 1.00. The van der Waals surface area contributed by atoms with Gasteiger partial charge in [-0.05, 0) is 6.42 Å². The van der Waals surface area contributed by atoms with Gasteiger partial charge in [-0.3, -0.25) is 0 Å². The molecule has 0 heterocycles. The molecule has 0 aromatic rings. The van der Waals surface area contributed by atoms with E-state index in [2.05, 4.69) is 8.23 Å². The molecule has 0 bridgehead atoms. The Hall–Kier alpha value is 1.84. The third kappa shape index (κ3) is 21.8. The minimum Gasteiger partial charge on any atom is -2.00 e. The van der Waals surface area contributed by atoms with Crippen LogP contribution >= 0.6 is 7.75 Å². The average molecular weight is 533 g/mol. The summed E-state index contributed by atoms with van der Waals surface area (Å²) in [6.07, 6.45) is -0.0528. The first kappa shape index (κ1) is 32.5. The Bertz CT molecular complexity index is 347. The van der Waals surface area contributed by atoms with Gasteiger partial charge < -0.3 is 47.5 Å². The van der Waals surface area contributed by atoms with Gasteiger partial charge in [0.25, 0.3) is 0 Å². The number of hydrogen-bond acceptors (Lipinski definition) is 8. The largest absolute Gasteiger partial charge is 4.00 e. The van der Waals surface area contributed by atoms with E-state index < -0.39 is 34.2 Å². The molecule has 0 aromatic heterocycles. The zero-order valence-electron chi connectivity index (χ0n) is 12.2. The third-order valence-electron chi connectivity index (χ3n) is 1.69. The second-order valence-electron chi connectivity index (χ2n) is 4.34. The minimum absolute atomic E-state index is 0. The molecule has 0 saturated heterocycles. The van der Waals surface area contributed by atoms with Gasteiger partial charge in [-0.25, -0.2) is 9.65 Å². The molecule has 0 saturated carbocycles. The quantitative estimate of drug-likeness (QED) is 0.0850. The van der Waals surface area contributed by atoms with Crippen molar-refractivity contribution in [2.45, 2.75) is 25.6 Å². The molecule has 0 aliphatic heterocycles. The summed E-state index contributed by atoms with van der Waals surface area (Å²) in [6.45, 7) is 1.64. The molecule has 12 nitrogen and oxygen atoms in total. The van der Waals surface area contributed by atoms with Crippen molar-refractivity contribution in [3.8, 4) is 0 Å². The van der Waals surface area contributed by atoms with Crippen LogP contribution in [0.25, 0.3) is 0 Å². The summed E-state index contributed by atoms with van der Waals surface area (Å²) in [5.41, 5.74) is 0. The van der Waals surface area contributed by atoms with Crippen molar-refractivity contribution >= 4 is 34.2 Å². The average Bonchev–Trinajstić information content (AvgIpc) is 2.04. The fourth-order valence-electron chi connectivity index (χ4n) is 1.26. The molecule has 0 rings (SSSR count). The van der Waals surface area contributed by atoms with E-state index in [1.807, 2.05) is 5.09 Å². The van der Waals surface area contributed by atoms with Gasteiger partial charge in [0.2, 0.25) is 0 Å². The van der Waals surface area contributed by atoms with Crippen molar-refractivity contribution in [1.82, 2.24) is 5.09 Å². The smallest absolute Gasteiger partial charge is 2.00 e. The molecule has 0 aromatic carbocycles. The first-order valence-corrected chi connectivity index (χ1v) is 13.6. The van der Waals surface area contributed by atoms with Crippen molar-refractivity contribution in [2.75, 3.05) is 6.54 Å². The van der Waals surface area contributed by atoms with Gasteiger partial charge in [0.1, 0.15) is 0 Å². The Labute approximate surface area is 166 Å². The van der Waals surface area contributed by atoms with E-state index in [0.29, 0.717) is 0 Å². The van der Waals surface area contributed by atoms with Crippen LogP contribution in [0.3, 0.4) is 0 Å². The van der Waals surface area contributed by atoms with Crippen molar-refractivity contribution in [3.05, 3.63) is 0 Å². The first-order valence-electron chi connectivity index (χ1n) is 5.45. The van der Waals surface area contributed by atoms with Crippen molar-refractivity contribution in [2.24, 2.45) is 0 Å². The van der Waals surface area contributed by atoms with Gasteiger partial charge >= 0.3 is 77.4 Å². The zero-order chi connectivity index (χ0) is 16.2. The van der Waals surface area contributed by atoms with E-state index in [-0.39, 0.29) is 67.8 Å². The van der Waals surface area contributed by atoms with Crippen LogP contribution in [-0.4, -0.2) is 66.7 Å². The van der Waals surface area contributed by atoms with Crippen LogP contribution in [0.15, 0.2) is 0 Å². The molecule has 0 unspecified atom stereocenters. The second-order valence-corrected chi connectivity index (χ2v) is 13.0. The topological polar surface area (TPSA) is 218 Å². The molecular weight excluding hydrogens is 512 g/mol. The van der Waals surface area contributed by atoms with E-state index in [9.17, 15) is 28.5 Å². The maximum absolute atomic E-state index is 10.5. The van der Waals surface area contributed by atoms with Crippen molar-refractivity contribution in [3.63, 3.8) is 0 Å². The Morgan fingerprint density at radius 1 is 1.00 bits per heavy atom. The molecule has 18 heteroatoms. The Morgan fingerprint density at radius 2 is 1.35 bits per heavy atom. The first-order chi connectivity index (χ1) is 8.62. The van der Waals surface area contributed by atoms with Gasteiger partial charge in [0.15, 0.2) is 0 Å². The Morgan fingerprint density at radius 3 is 1.61 bits per heavy atom. The van der Waals surface area contributed by atoms with Gasteiger partial charge in [-0.15, -0.1) is 0 Å². The summed E-state index contributed by atoms with van der Waals surface area (Å²) in [6, 6.07) is -0.340. The SMILES string of the molecule is C[Si](O)(O)O[Si](O)(CCCNP(=O)(O)O)O[Si](C)(O)O.[Fe+3].[O-2].[Zr+4]. The van der Waals surface area contributed by atoms with Crippen LogP contribution in [0.2, 0.25) is 19.1 Å². The zero-order valence-corrected chi connectivity index (χ0v) is 19.6. The van der Waals surface area contributed by atoms with E-state index in [1.165, 1.54) is 0 Å². The van der Waals surface area contributed by atoms with Gasteiger partial charge in [0.05, 0.1) is 0 Å². The fourth-order valence-corrected chi connectivity index (χ4v) is 8.53. The molecule has 1 radical (unpaired) electrons. The normalized spacial score (nSPS) is 12.7. The van der Waals surface area contributed by atoms with E-state index in [4.69, 9.17) is 9.79 Å². The summed E-state index contributed by atoms with van der Waals surface area (Å²) in [7, 11) is -17.0. The summed E-state index contributed by atoms with van der Waals surface area (Å²) in [5.74, 6) is 0. The maximum atomic E-state index is 10.5. The van der Waals surface area contributed by atoms with Crippen LogP contribution in [0.5, 0.6) is 0 Å². The van der Waals surface area contributed by atoms with Crippen molar-refractivity contribution < 1.29 is 95.3 Å². The summed E-state index contributed by atoms with van der Waals surface area (Å²) in [5, 5.41) is 1.86. The number of hydrogen-bond donors (Lipinski definition) is 8. The molecule has 0 aliphatic carbocycles. The van der Waals surface area contributed by atoms with E-state index >= 15 is 0 Å². The van der Waals surface area contributed by atoms with E-state index in [0.717, 1.165) is 13.1 Å². The van der Waals surface area contributed by atoms with Gasteiger partial charge in [0, 0.05) is 25.7 Å². The van der Waals surface area contributed by atoms with Gasteiger partial charge in [-0.2, -0.15) is 0 Å². The Kier molecular flexibility index (Phi) is 17.3. The predicted octanol–water partition coefficient (Wildman–Crippen LogP) is -2.99. The molecular formula is C5H20FeNO11PSi3Zr+5. The molecule has 8 N–H and O–H groups in total. The maximum Gasteiger partial charge on any atom is 4.00 e. The molecule has 0 fully saturated rings. The van der Waals surface area contributed by atoms with E-state index in [1.54, 1.807) is 0 Å². The third-order valence-corrected chi connectivity index (χ3v) is 8.96. The second kappa shape index (κ2) is 12.3. The number of nitrogens with one attached hydrogen (secondary N) is 1. The molecule has 0 aliphatic rings. The Balaban J connectivity index is -0.000000602. The molecule has 0 spiro atoms. The molecule has 0 atom stereocenters. The van der Waals surface area contributed by atoms with Crippen LogP contribution in [-0.2, 0) is 61.5 Å². The van der Waals surface area contributed by atoms with Crippen LogP contribution in [0, 0.1) is 0 Å². The van der Waals surface area contributed by atoms with Crippen LogP contribution < -0.4 is 5.09 Å². The number of rotatable bonds is 9. The summed E-state index contributed by atoms with van der Waals surface area (Å²) < 4.78 is 19.8. The monoisotopic (exact) mass is 531 g/mol. The van der Waals surface area contributed by atoms with Crippen LogP contribution in [0.4, 0.5) is 0 Å². The van der Waals surface area contributed by atoms with Gasteiger partial charge in [-0.1, -0.05) is 0 Å². The van der Waals surface area contributed by atoms with Crippen molar-refractivity contribution in [1.29, 1.82) is 0 Å².